The van der Waals surface area contributed by atoms with Gasteiger partial charge in [0.05, 0.1) is 40.7 Å². The number of rotatable bonds is 3. The van der Waals surface area contributed by atoms with Crippen LogP contribution in [0.2, 0.25) is 0 Å². The highest BCUT2D eigenvalue weighted by Crippen LogP contribution is 2.30. The SMILES string of the molecule is Cc1cc(-n2nc3c(c2-n2ccn(-c4ccc5c(cnn5C)c4F)c2=O)CN(C(=O)OC(C)(C)C)CC3)cc(C)c1F. The fourth-order valence-corrected chi connectivity index (χ4v) is 5.40. The summed E-state index contributed by atoms with van der Waals surface area (Å²) in [5, 5.41) is 9.24. The first-order chi connectivity index (χ1) is 19.8. The topological polar surface area (TPSA) is 92.1 Å². The second-order valence-corrected chi connectivity index (χ2v) is 11.6. The Morgan fingerprint density at radius 2 is 1.71 bits per heavy atom. The summed E-state index contributed by atoms with van der Waals surface area (Å²) in [5.41, 5.74) is 2.22. The van der Waals surface area contributed by atoms with E-state index in [0.717, 1.165) is 0 Å². The molecule has 10 nitrogen and oxygen atoms in total. The van der Waals surface area contributed by atoms with Crippen LogP contribution in [0.5, 0.6) is 0 Å². The first-order valence-corrected chi connectivity index (χ1v) is 13.6. The number of fused-ring (bicyclic) bond motifs is 2. The lowest BCUT2D eigenvalue weighted by Gasteiger charge is -2.29. The van der Waals surface area contributed by atoms with Crippen LogP contribution in [-0.4, -0.2) is 51.8 Å². The summed E-state index contributed by atoms with van der Waals surface area (Å²) in [6.07, 6.45) is 4.40. The van der Waals surface area contributed by atoms with Gasteiger partial charge in [-0.05, 0) is 70.0 Å². The Morgan fingerprint density at radius 3 is 2.40 bits per heavy atom. The maximum atomic E-state index is 15.6. The molecule has 1 aliphatic rings. The van der Waals surface area contributed by atoms with Gasteiger partial charge >= 0.3 is 11.8 Å². The van der Waals surface area contributed by atoms with Crippen molar-refractivity contribution in [2.45, 2.75) is 53.2 Å². The van der Waals surface area contributed by atoms with Crippen LogP contribution >= 0.6 is 0 Å². The first-order valence-electron chi connectivity index (χ1n) is 13.6. The predicted octanol–water partition coefficient (Wildman–Crippen LogP) is 4.89. The van der Waals surface area contributed by atoms with Gasteiger partial charge in [0.1, 0.15) is 17.2 Å². The molecule has 4 heterocycles. The van der Waals surface area contributed by atoms with Crippen LogP contribution in [0.1, 0.15) is 43.2 Å². The van der Waals surface area contributed by atoms with Crippen molar-refractivity contribution in [3.8, 4) is 17.2 Å². The van der Waals surface area contributed by atoms with E-state index in [1.54, 1.807) is 80.3 Å². The zero-order chi connectivity index (χ0) is 30.1. The lowest BCUT2D eigenvalue weighted by atomic mass is 10.1. The summed E-state index contributed by atoms with van der Waals surface area (Å²) in [5.74, 6) is -0.509. The molecule has 42 heavy (non-hydrogen) atoms. The molecular formula is C30H31F2N7O3. The fourth-order valence-electron chi connectivity index (χ4n) is 5.40. The van der Waals surface area contributed by atoms with Crippen molar-refractivity contribution in [3.05, 3.63) is 87.4 Å². The Balaban J connectivity index is 1.52. The minimum atomic E-state index is -0.679. The highest BCUT2D eigenvalue weighted by atomic mass is 19.1. The van der Waals surface area contributed by atoms with Gasteiger partial charge in [0.2, 0.25) is 0 Å². The predicted molar refractivity (Wildman–Crippen MR) is 152 cm³/mol. The molecule has 0 radical (unpaired) electrons. The van der Waals surface area contributed by atoms with Crippen molar-refractivity contribution in [3.63, 3.8) is 0 Å². The van der Waals surface area contributed by atoms with Crippen LogP contribution in [0.3, 0.4) is 0 Å². The van der Waals surface area contributed by atoms with Crippen molar-refractivity contribution in [1.29, 1.82) is 0 Å². The second-order valence-electron chi connectivity index (χ2n) is 11.6. The summed E-state index contributed by atoms with van der Waals surface area (Å²) in [6.45, 7) is 9.25. The normalized spacial score (nSPS) is 13.6. The van der Waals surface area contributed by atoms with Crippen molar-refractivity contribution < 1.29 is 18.3 Å². The Kier molecular flexibility index (Phi) is 6.32. The van der Waals surface area contributed by atoms with Crippen molar-refractivity contribution in [1.82, 2.24) is 33.6 Å². The molecule has 218 valence electrons. The van der Waals surface area contributed by atoms with Gasteiger partial charge in [-0.1, -0.05) is 0 Å². The lowest BCUT2D eigenvalue weighted by molar-refractivity contribution is 0.0223. The molecule has 1 aliphatic heterocycles. The number of amides is 1. The number of carbonyl (C=O) groups is 1. The van der Waals surface area contributed by atoms with Crippen molar-refractivity contribution in [2.24, 2.45) is 7.05 Å². The molecule has 0 saturated carbocycles. The van der Waals surface area contributed by atoms with E-state index < -0.39 is 23.2 Å². The minimum Gasteiger partial charge on any atom is -0.444 e. The molecule has 5 aromatic rings. The minimum absolute atomic E-state index is 0.0723. The van der Waals surface area contributed by atoms with Gasteiger partial charge in [-0.2, -0.15) is 10.2 Å². The summed E-state index contributed by atoms with van der Waals surface area (Å²) >= 11 is 0. The smallest absolute Gasteiger partial charge is 0.410 e. The Labute approximate surface area is 240 Å². The molecule has 0 unspecified atom stereocenters. The summed E-state index contributed by atoms with van der Waals surface area (Å²) < 4.78 is 41.5. The number of hydrogen-bond acceptors (Lipinski definition) is 5. The first kappa shape index (κ1) is 27.4. The fraction of sp³-hybridized carbons (Fsp3) is 0.333. The molecule has 0 bridgehead atoms. The molecule has 0 saturated heterocycles. The van der Waals surface area contributed by atoms with Crippen LogP contribution in [-0.2, 0) is 24.8 Å². The van der Waals surface area contributed by atoms with Crippen LogP contribution in [0, 0.1) is 25.5 Å². The van der Waals surface area contributed by atoms with Gasteiger partial charge in [-0.3, -0.25) is 13.8 Å². The van der Waals surface area contributed by atoms with Crippen molar-refractivity contribution >= 4 is 17.0 Å². The number of aryl methyl sites for hydroxylation is 3. The molecule has 1 amide bonds. The van der Waals surface area contributed by atoms with Crippen LogP contribution in [0.15, 0.2) is 47.7 Å². The number of imidazole rings is 1. The molecule has 3 aromatic heterocycles. The van der Waals surface area contributed by atoms with Gasteiger partial charge in [-0.25, -0.2) is 23.1 Å². The van der Waals surface area contributed by atoms with E-state index >= 15 is 4.39 Å². The molecule has 0 atom stereocenters. The molecule has 2 aromatic carbocycles. The zero-order valence-corrected chi connectivity index (χ0v) is 24.3. The van der Waals surface area contributed by atoms with Gasteiger partial charge in [0.15, 0.2) is 5.82 Å². The van der Waals surface area contributed by atoms with E-state index in [-0.39, 0.29) is 18.0 Å². The third-order valence-electron chi connectivity index (χ3n) is 7.43. The van der Waals surface area contributed by atoms with Crippen LogP contribution in [0.4, 0.5) is 13.6 Å². The second kappa shape index (κ2) is 9.68. The standard InChI is InChI=1S/C30H31F2N7O3/c1-17-13-19(14-18(2)25(17)31)39-27(21-16-36(10-9-22(21)34-39)29(41)42-30(3,4)5)38-12-11-37(28(38)40)24-8-7-23-20(26(24)32)15-33-35(23)6/h7-8,11-15H,9-10,16H2,1-6H3. The quantitative estimate of drug-likeness (QED) is 0.306. The van der Waals surface area contributed by atoms with Crippen LogP contribution < -0.4 is 5.69 Å². The van der Waals surface area contributed by atoms with E-state index in [0.29, 0.717) is 57.8 Å². The maximum absolute atomic E-state index is 15.6. The molecule has 6 rings (SSSR count). The van der Waals surface area contributed by atoms with Crippen molar-refractivity contribution in [2.75, 3.05) is 6.54 Å². The third-order valence-corrected chi connectivity index (χ3v) is 7.43. The monoisotopic (exact) mass is 575 g/mol. The number of nitrogens with zero attached hydrogens (tertiary/aromatic N) is 7. The number of halogens is 2. The molecule has 0 fully saturated rings. The highest BCUT2D eigenvalue weighted by molar-refractivity contribution is 5.81. The van der Waals surface area contributed by atoms with E-state index in [1.807, 2.05) is 0 Å². The Morgan fingerprint density at radius 1 is 1.02 bits per heavy atom. The highest BCUT2D eigenvalue weighted by Gasteiger charge is 2.32. The number of ether oxygens (including phenoxy) is 1. The van der Waals surface area contributed by atoms with Gasteiger partial charge < -0.3 is 9.64 Å². The van der Waals surface area contributed by atoms with E-state index in [4.69, 9.17) is 9.84 Å². The molecule has 0 aliphatic carbocycles. The number of carbonyl (C=O) groups excluding carboxylic acids is 1. The molecule has 12 heteroatoms. The number of hydrogen-bond donors (Lipinski definition) is 0. The zero-order valence-electron chi connectivity index (χ0n) is 24.3. The van der Waals surface area contributed by atoms with E-state index in [2.05, 4.69) is 5.10 Å². The van der Waals surface area contributed by atoms with Gasteiger partial charge in [-0.15, -0.1) is 0 Å². The van der Waals surface area contributed by atoms with Crippen LogP contribution in [0.25, 0.3) is 28.1 Å². The number of benzene rings is 2. The van der Waals surface area contributed by atoms with E-state index in [9.17, 15) is 14.0 Å². The van der Waals surface area contributed by atoms with Gasteiger partial charge in [0, 0.05) is 38.0 Å². The third kappa shape index (κ3) is 4.47. The Bertz CT molecular complexity index is 1920. The largest absolute Gasteiger partial charge is 0.444 e. The maximum Gasteiger partial charge on any atom is 0.410 e. The lowest BCUT2D eigenvalue weighted by Crippen LogP contribution is -2.40. The average molecular weight is 576 g/mol. The Hall–Kier alpha value is -4.74. The molecule has 0 spiro atoms. The summed E-state index contributed by atoms with van der Waals surface area (Å²) in [6, 6.07) is 6.57. The van der Waals surface area contributed by atoms with E-state index in [1.165, 1.54) is 27.6 Å². The molecular weight excluding hydrogens is 544 g/mol. The number of aromatic nitrogens is 6. The average Bonchev–Trinajstić information content (AvgIpc) is 3.61. The summed E-state index contributed by atoms with van der Waals surface area (Å²) in [4.78, 5) is 28.5. The summed E-state index contributed by atoms with van der Waals surface area (Å²) in [7, 11) is 1.72. The molecule has 0 N–H and O–H groups in total. The van der Waals surface area contributed by atoms with Gasteiger partial charge in [0.25, 0.3) is 0 Å².